The molecule has 0 saturated heterocycles. The number of nitrogens with one attached hydrogen (secondary N) is 1. The zero-order valence-corrected chi connectivity index (χ0v) is 16.8. The van der Waals surface area contributed by atoms with Crippen molar-refractivity contribution in [1.29, 1.82) is 0 Å². The summed E-state index contributed by atoms with van der Waals surface area (Å²) in [6.07, 6.45) is 5.80. The minimum Gasteiger partial charge on any atom is -0.330 e. The molecule has 0 unspecified atom stereocenters. The monoisotopic (exact) mass is 392 g/mol. The molecule has 6 nitrogen and oxygen atoms in total. The fraction of sp³-hybridized carbons (Fsp3) is 0.500. The van der Waals surface area contributed by atoms with E-state index in [9.17, 15) is 9.59 Å². The number of nitrogens with two attached hydrogens (primary N) is 1. The quantitative estimate of drug-likeness (QED) is 0.819. The molecule has 1 amide bonds. The first-order valence-corrected chi connectivity index (χ1v) is 9.31. The molecule has 0 spiro atoms. The molecule has 0 aliphatic heterocycles. The fourth-order valence-electron chi connectivity index (χ4n) is 3.99. The minimum absolute atomic E-state index is 0. The standard InChI is InChI=1S/C20H28N4O2.ClH/c1-15-18(19(26)24(23(15)2)16-9-5-3-6-10-16)22-17(25)13-20(14-21)11-7-4-8-12-20;/h3,5-6,9-10H,4,7-8,11-14,21H2,1-2H3,(H,22,25);1H. The normalized spacial score (nSPS) is 15.8. The van der Waals surface area contributed by atoms with Crippen molar-refractivity contribution in [2.45, 2.75) is 45.4 Å². The van der Waals surface area contributed by atoms with Gasteiger partial charge in [0.15, 0.2) is 0 Å². The number of carbonyl (C=O) groups excluding carboxylic acids is 1. The molecule has 3 N–H and O–H groups in total. The smallest absolute Gasteiger partial charge is 0.295 e. The van der Waals surface area contributed by atoms with Crippen LogP contribution in [0, 0.1) is 12.3 Å². The van der Waals surface area contributed by atoms with Gasteiger partial charge in [0, 0.05) is 13.5 Å². The summed E-state index contributed by atoms with van der Waals surface area (Å²) in [5, 5.41) is 2.87. The minimum atomic E-state index is -0.213. The number of carbonyl (C=O) groups is 1. The maximum absolute atomic E-state index is 12.9. The van der Waals surface area contributed by atoms with Crippen LogP contribution in [-0.4, -0.2) is 21.8 Å². The van der Waals surface area contributed by atoms with Crippen LogP contribution in [0.3, 0.4) is 0 Å². The predicted molar refractivity (Wildman–Crippen MR) is 111 cm³/mol. The van der Waals surface area contributed by atoms with E-state index in [0.717, 1.165) is 37.1 Å². The summed E-state index contributed by atoms with van der Waals surface area (Å²) in [6.45, 7) is 2.36. The molecule has 0 radical (unpaired) electrons. The van der Waals surface area contributed by atoms with Crippen LogP contribution in [0.1, 0.15) is 44.2 Å². The lowest BCUT2D eigenvalue weighted by molar-refractivity contribution is -0.118. The van der Waals surface area contributed by atoms with Crippen LogP contribution in [0.5, 0.6) is 0 Å². The van der Waals surface area contributed by atoms with Gasteiger partial charge in [-0.3, -0.25) is 14.3 Å². The predicted octanol–water partition coefficient (Wildman–Crippen LogP) is 3.14. The first-order chi connectivity index (χ1) is 12.5. The zero-order chi connectivity index (χ0) is 18.7. The summed E-state index contributed by atoms with van der Waals surface area (Å²) in [5.74, 6) is -0.122. The molecule has 1 aliphatic carbocycles. The summed E-state index contributed by atoms with van der Waals surface area (Å²) in [5.41, 5.74) is 7.52. The molecule has 0 bridgehead atoms. The Hall–Kier alpha value is -2.05. The second-order valence-corrected chi connectivity index (χ2v) is 7.43. The van der Waals surface area contributed by atoms with E-state index in [1.54, 1.807) is 9.36 Å². The van der Waals surface area contributed by atoms with Gasteiger partial charge in [-0.25, -0.2) is 4.68 Å². The molecular weight excluding hydrogens is 364 g/mol. The van der Waals surface area contributed by atoms with Crippen molar-refractivity contribution in [2.75, 3.05) is 11.9 Å². The van der Waals surface area contributed by atoms with Crippen LogP contribution >= 0.6 is 12.4 Å². The summed E-state index contributed by atoms with van der Waals surface area (Å²) in [4.78, 5) is 25.6. The van der Waals surface area contributed by atoms with Crippen LogP contribution in [0.25, 0.3) is 5.69 Å². The summed E-state index contributed by atoms with van der Waals surface area (Å²) >= 11 is 0. The average molecular weight is 393 g/mol. The first-order valence-electron chi connectivity index (χ1n) is 9.31. The van der Waals surface area contributed by atoms with Crippen molar-refractivity contribution in [3.63, 3.8) is 0 Å². The van der Waals surface area contributed by atoms with Crippen molar-refractivity contribution in [3.05, 3.63) is 46.4 Å². The lowest BCUT2D eigenvalue weighted by atomic mass is 9.71. The van der Waals surface area contributed by atoms with Crippen molar-refractivity contribution < 1.29 is 4.79 Å². The lowest BCUT2D eigenvalue weighted by Crippen LogP contribution is -2.37. The number of aromatic nitrogens is 2. The number of hydrogen-bond acceptors (Lipinski definition) is 3. The number of anilines is 1. The molecule has 0 atom stereocenters. The molecule has 1 heterocycles. The fourth-order valence-corrected chi connectivity index (χ4v) is 3.99. The van der Waals surface area contributed by atoms with E-state index < -0.39 is 0 Å². The van der Waals surface area contributed by atoms with Gasteiger partial charge < -0.3 is 11.1 Å². The Morgan fingerprint density at radius 1 is 1.19 bits per heavy atom. The number of nitrogens with zero attached hydrogens (tertiary/aromatic N) is 2. The third-order valence-electron chi connectivity index (χ3n) is 5.70. The van der Waals surface area contributed by atoms with Gasteiger partial charge in [-0.2, -0.15) is 0 Å². The van der Waals surface area contributed by atoms with Crippen molar-refractivity contribution >= 4 is 24.0 Å². The molecule has 1 fully saturated rings. The van der Waals surface area contributed by atoms with Gasteiger partial charge in [0.05, 0.1) is 11.4 Å². The maximum Gasteiger partial charge on any atom is 0.295 e. The van der Waals surface area contributed by atoms with Gasteiger partial charge in [-0.05, 0) is 43.9 Å². The summed E-state index contributed by atoms with van der Waals surface area (Å²) in [6, 6.07) is 9.42. The highest BCUT2D eigenvalue weighted by atomic mass is 35.5. The van der Waals surface area contributed by atoms with Gasteiger partial charge in [-0.1, -0.05) is 37.5 Å². The van der Waals surface area contributed by atoms with Crippen LogP contribution in [0.15, 0.2) is 35.1 Å². The van der Waals surface area contributed by atoms with Gasteiger partial charge in [-0.15, -0.1) is 12.4 Å². The molecule has 3 rings (SSSR count). The zero-order valence-electron chi connectivity index (χ0n) is 16.0. The van der Waals surface area contributed by atoms with Crippen LogP contribution in [0.2, 0.25) is 0 Å². The number of para-hydroxylation sites is 1. The molecule has 2 aromatic rings. The second-order valence-electron chi connectivity index (χ2n) is 7.43. The summed E-state index contributed by atoms with van der Waals surface area (Å²) < 4.78 is 3.34. The highest BCUT2D eigenvalue weighted by Crippen LogP contribution is 2.38. The number of amides is 1. The topological polar surface area (TPSA) is 82.1 Å². The van der Waals surface area contributed by atoms with E-state index in [1.807, 2.05) is 44.3 Å². The molecular formula is C20H29ClN4O2. The van der Waals surface area contributed by atoms with E-state index in [2.05, 4.69) is 5.32 Å². The Kier molecular flexibility index (Phi) is 6.89. The largest absolute Gasteiger partial charge is 0.330 e. The first kappa shape index (κ1) is 21.3. The third kappa shape index (κ3) is 4.28. The molecule has 27 heavy (non-hydrogen) atoms. The highest BCUT2D eigenvalue weighted by Gasteiger charge is 2.33. The Labute approximate surface area is 166 Å². The molecule has 1 saturated carbocycles. The van der Waals surface area contributed by atoms with Gasteiger partial charge in [0.25, 0.3) is 5.56 Å². The molecule has 7 heteroatoms. The number of halogens is 1. The number of hydrogen-bond donors (Lipinski definition) is 2. The lowest BCUT2D eigenvalue weighted by Gasteiger charge is -2.35. The van der Waals surface area contributed by atoms with E-state index in [1.165, 1.54) is 6.42 Å². The van der Waals surface area contributed by atoms with Gasteiger partial charge in [0.2, 0.25) is 5.91 Å². The Morgan fingerprint density at radius 2 is 1.81 bits per heavy atom. The van der Waals surface area contributed by atoms with E-state index >= 15 is 0 Å². The Balaban J connectivity index is 0.00000261. The third-order valence-corrected chi connectivity index (χ3v) is 5.70. The van der Waals surface area contributed by atoms with E-state index in [-0.39, 0.29) is 29.3 Å². The maximum atomic E-state index is 12.9. The van der Waals surface area contributed by atoms with Crippen molar-refractivity contribution in [1.82, 2.24) is 9.36 Å². The van der Waals surface area contributed by atoms with Gasteiger partial charge >= 0.3 is 0 Å². The van der Waals surface area contributed by atoms with Crippen LogP contribution in [-0.2, 0) is 11.8 Å². The SMILES string of the molecule is Cc1c(NC(=O)CC2(CN)CCCCC2)c(=O)n(-c2ccccc2)n1C.Cl. The Morgan fingerprint density at radius 3 is 2.41 bits per heavy atom. The van der Waals surface area contributed by atoms with Gasteiger partial charge in [0.1, 0.15) is 5.69 Å². The van der Waals surface area contributed by atoms with Crippen molar-refractivity contribution in [2.24, 2.45) is 18.2 Å². The Bertz CT molecular complexity index is 836. The molecule has 1 aromatic heterocycles. The summed E-state index contributed by atoms with van der Waals surface area (Å²) in [7, 11) is 1.82. The average Bonchev–Trinajstić information content (AvgIpc) is 2.86. The second kappa shape index (κ2) is 8.76. The van der Waals surface area contributed by atoms with Crippen LogP contribution in [0.4, 0.5) is 5.69 Å². The molecule has 1 aromatic carbocycles. The van der Waals surface area contributed by atoms with E-state index in [0.29, 0.717) is 18.7 Å². The number of rotatable bonds is 5. The van der Waals surface area contributed by atoms with Crippen molar-refractivity contribution in [3.8, 4) is 5.69 Å². The van der Waals surface area contributed by atoms with Crippen LogP contribution < -0.4 is 16.6 Å². The highest BCUT2D eigenvalue weighted by molar-refractivity contribution is 5.91. The van der Waals surface area contributed by atoms with E-state index in [4.69, 9.17) is 5.73 Å². The number of benzene rings is 1. The molecule has 1 aliphatic rings. The molecule has 148 valence electrons.